The summed E-state index contributed by atoms with van der Waals surface area (Å²) in [6.45, 7) is 5.75. The minimum absolute atomic E-state index is 0.254. The fourth-order valence-electron chi connectivity index (χ4n) is 1.42. The molecule has 0 aromatic heterocycles. The summed E-state index contributed by atoms with van der Waals surface area (Å²) in [6.07, 6.45) is 4.97. The summed E-state index contributed by atoms with van der Waals surface area (Å²) in [5, 5.41) is 12.3. The van der Waals surface area contributed by atoms with Gasteiger partial charge in [0.1, 0.15) is 0 Å². The number of hydrogen-bond acceptors (Lipinski definition) is 2. The van der Waals surface area contributed by atoms with Crippen LogP contribution in [0.15, 0.2) is 0 Å². The highest BCUT2D eigenvalue weighted by Crippen LogP contribution is 2.22. The fraction of sp³-hybridized carbons (Fsp3) is 1.00. The van der Waals surface area contributed by atoms with Gasteiger partial charge in [-0.3, -0.25) is 0 Å². The molecule has 0 radical (unpaired) electrons. The van der Waals surface area contributed by atoms with E-state index in [1.165, 1.54) is 19.3 Å². The molecule has 2 N–H and O–H groups in total. The monoisotopic (exact) mass is 171 g/mol. The summed E-state index contributed by atoms with van der Waals surface area (Å²) in [4.78, 5) is 0. The normalized spacial score (nSPS) is 19.2. The van der Waals surface area contributed by atoms with Crippen molar-refractivity contribution in [2.75, 3.05) is 13.2 Å². The van der Waals surface area contributed by atoms with Gasteiger partial charge in [-0.1, -0.05) is 20.3 Å². The van der Waals surface area contributed by atoms with E-state index in [-0.39, 0.29) is 5.41 Å². The van der Waals surface area contributed by atoms with Gasteiger partial charge in [-0.2, -0.15) is 0 Å². The molecule has 0 saturated heterocycles. The lowest BCUT2D eigenvalue weighted by molar-refractivity contribution is 0.193. The molecule has 1 aliphatic rings. The highest BCUT2D eigenvalue weighted by molar-refractivity contribution is 4.80. The van der Waals surface area contributed by atoms with Gasteiger partial charge in [0.05, 0.1) is 0 Å². The summed E-state index contributed by atoms with van der Waals surface area (Å²) in [5.41, 5.74) is 0.254. The van der Waals surface area contributed by atoms with E-state index in [1.807, 2.05) is 0 Å². The predicted molar refractivity (Wildman–Crippen MR) is 51.1 cm³/mol. The molecule has 12 heavy (non-hydrogen) atoms. The molecule has 0 aliphatic heterocycles. The summed E-state index contributed by atoms with van der Waals surface area (Å²) in [7, 11) is 0. The maximum atomic E-state index is 8.81. The average molecular weight is 171 g/mol. The highest BCUT2D eigenvalue weighted by Gasteiger charge is 2.21. The number of hydrogen-bond donors (Lipinski definition) is 2. The molecule has 0 amide bonds. The molecule has 2 heteroatoms. The third-order valence-corrected chi connectivity index (χ3v) is 2.76. The van der Waals surface area contributed by atoms with Crippen LogP contribution in [0.5, 0.6) is 0 Å². The molecule has 72 valence electrons. The standard InChI is InChI=1S/C10H21NO/c1-10(2,6-7-12)8-11-9-4-3-5-9/h9,11-12H,3-8H2,1-2H3. The molecule has 0 aromatic carbocycles. The number of nitrogens with one attached hydrogen (secondary N) is 1. The van der Waals surface area contributed by atoms with E-state index in [0.717, 1.165) is 19.0 Å². The van der Waals surface area contributed by atoms with Crippen LogP contribution in [0.2, 0.25) is 0 Å². The Labute approximate surface area is 75.4 Å². The topological polar surface area (TPSA) is 32.3 Å². The SMILES string of the molecule is CC(C)(CCO)CNC1CCC1. The van der Waals surface area contributed by atoms with Crippen molar-refractivity contribution in [2.24, 2.45) is 5.41 Å². The van der Waals surface area contributed by atoms with Crippen LogP contribution in [0.25, 0.3) is 0 Å². The van der Waals surface area contributed by atoms with Crippen LogP contribution in [-0.4, -0.2) is 24.3 Å². The molecule has 1 fully saturated rings. The van der Waals surface area contributed by atoms with E-state index >= 15 is 0 Å². The molecule has 0 spiro atoms. The third-order valence-electron chi connectivity index (χ3n) is 2.76. The molecule has 0 aromatic rings. The van der Waals surface area contributed by atoms with Crippen molar-refractivity contribution in [1.29, 1.82) is 0 Å². The van der Waals surface area contributed by atoms with Crippen molar-refractivity contribution in [3.05, 3.63) is 0 Å². The number of aliphatic hydroxyl groups is 1. The Hall–Kier alpha value is -0.0800. The zero-order valence-corrected chi connectivity index (χ0v) is 8.27. The summed E-state index contributed by atoms with van der Waals surface area (Å²) in [5.74, 6) is 0. The second-order valence-electron chi connectivity index (χ2n) is 4.65. The van der Waals surface area contributed by atoms with E-state index in [9.17, 15) is 0 Å². The van der Waals surface area contributed by atoms with Crippen LogP contribution in [0.1, 0.15) is 39.5 Å². The zero-order valence-electron chi connectivity index (χ0n) is 8.27. The molecular formula is C10H21NO. The van der Waals surface area contributed by atoms with Crippen molar-refractivity contribution >= 4 is 0 Å². The molecule has 0 bridgehead atoms. The van der Waals surface area contributed by atoms with Crippen molar-refractivity contribution in [2.45, 2.75) is 45.6 Å². The van der Waals surface area contributed by atoms with Crippen molar-refractivity contribution in [3.8, 4) is 0 Å². The quantitative estimate of drug-likeness (QED) is 0.657. The van der Waals surface area contributed by atoms with Gasteiger partial charge < -0.3 is 10.4 Å². The molecule has 0 heterocycles. The fourth-order valence-corrected chi connectivity index (χ4v) is 1.42. The average Bonchev–Trinajstić information content (AvgIpc) is 1.82. The van der Waals surface area contributed by atoms with Gasteiger partial charge in [-0.15, -0.1) is 0 Å². The van der Waals surface area contributed by atoms with Crippen LogP contribution in [0.3, 0.4) is 0 Å². The number of rotatable bonds is 5. The lowest BCUT2D eigenvalue weighted by atomic mass is 9.87. The van der Waals surface area contributed by atoms with E-state index in [2.05, 4.69) is 19.2 Å². The predicted octanol–water partition coefficient (Wildman–Crippen LogP) is 1.54. The van der Waals surface area contributed by atoms with Crippen LogP contribution in [-0.2, 0) is 0 Å². The van der Waals surface area contributed by atoms with Crippen LogP contribution >= 0.6 is 0 Å². The van der Waals surface area contributed by atoms with Gasteiger partial charge in [0, 0.05) is 19.2 Å². The van der Waals surface area contributed by atoms with Crippen LogP contribution in [0.4, 0.5) is 0 Å². The molecule has 1 aliphatic carbocycles. The van der Waals surface area contributed by atoms with Gasteiger partial charge in [0.15, 0.2) is 0 Å². The molecular weight excluding hydrogens is 150 g/mol. The van der Waals surface area contributed by atoms with Crippen molar-refractivity contribution < 1.29 is 5.11 Å². The third kappa shape index (κ3) is 3.11. The first-order chi connectivity index (χ1) is 5.64. The van der Waals surface area contributed by atoms with Gasteiger partial charge in [-0.25, -0.2) is 0 Å². The Bertz CT molecular complexity index is 130. The second-order valence-corrected chi connectivity index (χ2v) is 4.65. The highest BCUT2D eigenvalue weighted by atomic mass is 16.3. The second kappa shape index (κ2) is 4.24. The molecule has 1 saturated carbocycles. The van der Waals surface area contributed by atoms with Crippen LogP contribution < -0.4 is 5.32 Å². The van der Waals surface area contributed by atoms with Gasteiger partial charge in [0.25, 0.3) is 0 Å². The van der Waals surface area contributed by atoms with Gasteiger partial charge in [-0.05, 0) is 24.7 Å². The first-order valence-corrected chi connectivity index (χ1v) is 4.98. The van der Waals surface area contributed by atoms with Gasteiger partial charge in [0.2, 0.25) is 0 Å². The van der Waals surface area contributed by atoms with Crippen LogP contribution in [0, 0.1) is 5.41 Å². The Morgan fingerprint density at radius 2 is 2.08 bits per heavy atom. The largest absolute Gasteiger partial charge is 0.396 e. The van der Waals surface area contributed by atoms with E-state index in [0.29, 0.717) is 6.61 Å². The van der Waals surface area contributed by atoms with E-state index in [4.69, 9.17) is 5.11 Å². The summed E-state index contributed by atoms with van der Waals surface area (Å²) >= 11 is 0. The first-order valence-electron chi connectivity index (χ1n) is 4.98. The minimum Gasteiger partial charge on any atom is -0.396 e. The maximum absolute atomic E-state index is 8.81. The summed E-state index contributed by atoms with van der Waals surface area (Å²) < 4.78 is 0. The molecule has 0 atom stereocenters. The zero-order chi connectivity index (χ0) is 9.03. The Kier molecular flexibility index (Phi) is 3.53. The van der Waals surface area contributed by atoms with Crippen molar-refractivity contribution in [1.82, 2.24) is 5.32 Å². The van der Waals surface area contributed by atoms with E-state index in [1.54, 1.807) is 0 Å². The first kappa shape index (κ1) is 10.0. The lowest BCUT2D eigenvalue weighted by Crippen LogP contribution is -2.41. The van der Waals surface area contributed by atoms with Crippen molar-refractivity contribution in [3.63, 3.8) is 0 Å². The van der Waals surface area contributed by atoms with E-state index < -0.39 is 0 Å². The number of aliphatic hydroxyl groups excluding tert-OH is 1. The smallest absolute Gasteiger partial charge is 0.0436 e. The molecule has 1 rings (SSSR count). The summed E-state index contributed by atoms with van der Waals surface area (Å²) in [6, 6.07) is 0.767. The minimum atomic E-state index is 0.254. The van der Waals surface area contributed by atoms with Gasteiger partial charge >= 0.3 is 0 Å². The lowest BCUT2D eigenvalue weighted by Gasteiger charge is -2.32. The Balaban J connectivity index is 2.10. The Morgan fingerprint density at radius 3 is 2.50 bits per heavy atom. The maximum Gasteiger partial charge on any atom is 0.0436 e. The molecule has 0 unspecified atom stereocenters. The Morgan fingerprint density at radius 1 is 1.42 bits per heavy atom. The molecule has 2 nitrogen and oxygen atoms in total.